The second kappa shape index (κ2) is 6.08. The predicted octanol–water partition coefficient (Wildman–Crippen LogP) is 3.04. The maximum atomic E-state index is 12.6. The molecule has 2 bridgehead atoms. The van der Waals surface area contributed by atoms with Gasteiger partial charge in [-0.2, -0.15) is 0 Å². The van der Waals surface area contributed by atoms with Crippen LogP contribution in [0.15, 0.2) is 46.9 Å². The van der Waals surface area contributed by atoms with Gasteiger partial charge in [0.05, 0.1) is 0 Å². The summed E-state index contributed by atoms with van der Waals surface area (Å²) in [5, 5.41) is 3.58. The summed E-state index contributed by atoms with van der Waals surface area (Å²) in [6.45, 7) is 1.54. The van der Waals surface area contributed by atoms with Gasteiger partial charge in [-0.3, -0.25) is 4.79 Å². The first-order valence-electron chi connectivity index (χ1n) is 8.16. The quantitative estimate of drug-likeness (QED) is 0.946. The van der Waals surface area contributed by atoms with Crippen LogP contribution >= 0.6 is 0 Å². The minimum absolute atomic E-state index is 0.0535. The molecule has 0 aliphatic carbocycles. The Morgan fingerprint density at radius 2 is 1.91 bits per heavy atom. The Balaban J connectivity index is 1.44. The zero-order valence-corrected chi connectivity index (χ0v) is 12.9. The number of nitrogens with one attached hydrogen (secondary N) is 1. The molecule has 2 aromatic rings. The Morgan fingerprint density at radius 1 is 1.09 bits per heavy atom. The fourth-order valence-corrected chi connectivity index (χ4v) is 3.38. The number of carbonyl (C=O) groups excluding carboxylic acids is 1. The van der Waals surface area contributed by atoms with Crippen molar-refractivity contribution in [2.75, 3.05) is 13.1 Å². The molecule has 2 atom stereocenters. The van der Waals surface area contributed by atoms with E-state index >= 15 is 0 Å². The van der Waals surface area contributed by atoms with Crippen molar-refractivity contribution in [3.8, 4) is 11.7 Å². The van der Waals surface area contributed by atoms with E-state index < -0.39 is 0 Å². The van der Waals surface area contributed by atoms with Gasteiger partial charge in [-0.15, -0.1) is 0 Å². The van der Waals surface area contributed by atoms with E-state index in [0.29, 0.717) is 29.5 Å². The average molecular weight is 312 g/mol. The van der Waals surface area contributed by atoms with E-state index in [-0.39, 0.29) is 5.91 Å². The van der Waals surface area contributed by atoms with Gasteiger partial charge in [0.15, 0.2) is 5.76 Å². The average Bonchev–Trinajstić information content (AvgIpc) is 3.14. The van der Waals surface area contributed by atoms with E-state index in [1.54, 1.807) is 12.1 Å². The third kappa shape index (κ3) is 3.10. The van der Waals surface area contributed by atoms with E-state index in [9.17, 15) is 4.79 Å². The summed E-state index contributed by atoms with van der Waals surface area (Å²) < 4.78 is 11.2. The topological polar surface area (TPSA) is 54.7 Å². The first kappa shape index (κ1) is 14.3. The van der Waals surface area contributed by atoms with Gasteiger partial charge in [-0.25, -0.2) is 0 Å². The SMILES string of the molecule is O=C(c1ccc(Oc2ccccc2)o1)N1CCC2CCC(C1)N2. The second-order valence-electron chi connectivity index (χ2n) is 6.21. The van der Waals surface area contributed by atoms with Gasteiger partial charge in [0, 0.05) is 31.2 Å². The maximum absolute atomic E-state index is 12.6. The van der Waals surface area contributed by atoms with Crippen molar-refractivity contribution in [2.45, 2.75) is 31.3 Å². The molecule has 1 aromatic heterocycles. The van der Waals surface area contributed by atoms with E-state index in [4.69, 9.17) is 9.15 Å². The molecule has 0 saturated carbocycles. The number of fused-ring (bicyclic) bond motifs is 2. The number of ether oxygens (including phenoxy) is 1. The minimum Gasteiger partial charge on any atom is -0.426 e. The van der Waals surface area contributed by atoms with Crippen LogP contribution in [0.1, 0.15) is 29.8 Å². The highest BCUT2D eigenvalue weighted by atomic mass is 16.6. The van der Waals surface area contributed by atoms with Gasteiger partial charge in [0.2, 0.25) is 0 Å². The van der Waals surface area contributed by atoms with E-state index in [2.05, 4.69) is 5.32 Å². The van der Waals surface area contributed by atoms with Crippen molar-refractivity contribution in [2.24, 2.45) is 0 Å². The number of hydrogen-bond donors (Lipinski definition) is 1. The highest BCUT2D eigenvalue weighted by molar-refractivity contribution is 5.91. The molecule has 5 nitrogen and oxygen atoms in total. The fourth-order valence-electron chi connectivity index (χ4n) is 3.38. The zero-order chi connectivity index (χ0) is 15.6. The molecule has 0 radical (unpaired) electrons. The molecular formula is C18H20N2O3. The number of para-hydroxylation sites is 1. The lowest BCUT2D eigenvalue weighted by Crippen LogP contribution is -2.38. The van der Waals surface area contributed by atoms with E-state index in [1.807, 2.05) is 35.2 Å². The smallest absolute Gasteiger partial charge is 0.290 e. The number of nitrogens with zero attached hydrogens (tertiary/aromatic N) is 1. The summed E-state index contributed by atoms with van der Waals surface area (Å²) >= 11 is 0. The molecule has 120 valence electrons. The van der Waals surface area contributed by atoms with Crippen LogP contribution in [0.2, 0.25) is 0 Å². The van der Waals surface area contributed by atoms with Gasteiger partial charge in [0.1, 0.15) is 5.75 Å². The van der Waals surface area contributed by atoms with Gasteiger partial charge < -0.3 is 19.4 Å². The van der Waals surface area contributed by atoms with Crippen LogP contribution in [-0.2, 0) is 0 Å². The molecule has 4 rings (SSSR count). The monoisotopic (exact) mass is 312 g/mol. The second-order valence-corrected chi connectivity index (χ2v) is 6.21. The minimum atomic E-state index is -0.0535. The van der Waals surface area contributed by atoms with Crippen molar-refractivity contribution < 1.29 is 13.9 Å². The van der Waals surface area contributed by atoms with Crippen LogP contribution < -0.4 is 10.1 Å². The molecule has 2 saturated heterocycles. The first-order chi connectivity index (χ1) is 11.3. The molecule has 23 heavy (non-hydrogen) atoms. The predicted molar refractivity (Wildman–Crippen MR) is 85.7 cm³/mol. The summed E-state index contributed by atoms with van der Waals surface area (Å²) in [5.41, 5.74) is 0. The number of amides is 1. The molecule has 0 spiro atoms. The van der Waals surface area contributed by atoms with Gasteiger partial charge in [0.25, 0.3) is 11.9 Å². The van der Waals surface area contributed by atoms with Crippen LogP contribution in [0, 0.1) is 0 Å². The van der Waals surface area contributed by atoms with Crippen molar-refractivity contribution in [3.63, 3.8) is 0 Å². The lowest BCUT2D eigenvalue weighted by molar-refractivity contribution is 0.0711. The lowest BCUT2D eigenvalue weighted by atomic mass is 10.1. The van der Waals surface area contributed by atoms with Crippen LogP contribution in [0.25, 0.3) is 0 Å². The summed E-state index contributed by atoms with van der Waals surface area (Å²) in [5.74, 6) is 1.32. The molecule has 3 heterocycles. The Kier molecular flexibility index (Phi) is 3.79. The lowest BCUT2D eigenvalue weighted by Gasteiger charge is -2.23. The Labute approximate surface area is 135 Å². The summed E-state index contributed by atoms with van der Waals surface area (Å²) in [6.07, 6.45) is 3.38. The zero-order valence-electron chi connectivity index (χ0n) is 12.9. The van der Waals surface area contributed by atoms with Crippen molar-refractivity contribution in [1.29, 1.82) is 0 Å². The highest BCUT2D eigenvalue weighted by Crippen LogP contribution is 2.26. The van der Waals surface area contributed by atoms with E-state index in [0.717, 1.165) is 25.9 Å². The van der Waals surface area contributed by atoms with Crippen LogP contribution in [0.5, 0.6) is 11.7 Å². The normalized spacial score (nSPS) is 23.6. The number of rotatable bonds is 3. The molecule has 1 N–H and O–H groups in total. The molecule has 1 aromatic carbocycles. The molecule has 5 heteroatoms. The molecule has 1 amide bonds. The molecule has 2 aliphatic heterocycles. The standard InChI is InChI=1S/C18H20N2O3/c21-18(20-11-10-13-6-7-14(12-20)19-13)16-8-9-17(23-16)22-15-4-2-1-3-5-15/h1-5,8-9,13-14,19H,6-7,10-12H2. The third-order valence-corrected chi connectivity index (χ3v) is 4.56. The van der Waals surface area contributed by atoms with Crippen LogP contribution in [0.3, 0.4) is 0 Å². The number of carbonyl (C=O) groups is 1. The molecule has 2 fully saturated rings. The summed E-state index contributed by atoms with van der Waals surface area (Å²) in [4.78, 5) is 14.5. The van der Waals surface area contributed by atoms with Crippen LogP contribution in [0.4, 0.5) is 0 Å². The maximum Gasteiger partial charge on any atom is 0.290 e. The Bertz CT molecular complexity index is 683. The number of benzene rings is 1. The Hall–Kier alpha value is -2.27. The third-order valence-electron chi connectivity index (χ3n) is 4.56. The van der Waals surface area contributed by atoms with Gasteiger partial charge in [-0.05, 0) is 37.5 Å². The van der Waals surface area contributed by atoms with Crippen molar-refractivity contribution in [1.82, 2.24) is 10.2 Å². The first-order valence-corrected chi connectivity index (χ1v) is 8.16. The summed E-state index contributed by atoms with van der Waals surface area (Å²) in [7, 11) is 0. The van der Waals surface area contributed by atoms with Gasteiger partial charge >= 0.3 is 0 Å². The number of likely N-dealkylation sites (tertiary alicyclic amines) is 1. The summed E-state index contributed by atoms with van der Waals surface area (Å²) in [6, 6.07) is 13.8. The van der Waals surface area contributed by atoms with Gasteiger partial charge in [-0.1, -0.05) is 18.2 Å². The molecule has 2 unspecified atom stereocenters. The van der Waals surface area contributed by atoms with Crippen molar-refractivity contribution in [3.05, 3.63) is 48.2 Å². The molecular weight excluding hydrogens is 292 g/mol. The number of hydrogen-bond acceptors (Lipinski definition) is 4. The van der Waals surface area contributed by atoms with Crippen molar-refractivity contribution >= 4 is 5.91 Å². The Morgan fingerprint density at radius 3 is 2.78 bits per heavy atom. The largest absolute Gasteiger partial charge is 0.426 e. The number of furan rings is 1. The van der Waals surface area contributed by atoms with E-state index in [1.165, 1.54) is 6.42 Å². The highest BCUT2D eigenvalue weighted by Gasteiger charge is 2.32. The van der Waals surface area contributed by atoms with Crippen LogP contribution in [-0.4, -0.2) is 36.0 Å². The fraction of sp³-hybridized carbons (Fsp3) is 0.389. The molecule has 2 aliphatic rings.